The van der Waals surface area contributed by atoms with Crippen LogP contribution in [-0.2, 0) is 20.2 Å². The summed E-state index contributed by atoms with van der Waals surface area (Å²) in [5, 5.41) is 24.1. The van der Waals surface area contributed by atoms with Crippen molar-refractivity contribution < 1.29 is 90.2 Å². The van der Waals surface area contributed by atoms with Crippen LogP contribution in [-0.4, -0.2) is 25.9 Å². The van der Waals surface area contributed by atoms with Crippen LogP contribution in [0.15, 0.2) is 98.9 Å². The molecule has 2 N–H and O–H groups in total. The van der Waals surface area contributed by atoms with E-state index in [0.29, 0.717) is 11.4 Å². The first kappa shape index (κ1) is 30.4. The number of benzene rings is 4. The van der Waals surface area contributed by atoms with E-state index in [1.165, 1.54) is 18.2 Å². The smallest absolute Gasteiger partial charge is 0.872 e. The molecule has 0 aliphatic carbocycles. The van der Waals surface area contributed by atoms with Gasteiger partial charge in [-0.1, -0.05) is 30.0 Å². The van der Waals surface area contributed by atoms with Crippen molar-refractivity contribution in [1.82, 2.24) is 0 Å². The SMILES string of the molecule is O=S(=O)([O-])c1ccc(N=Nc2c(Nc3ccccc3)ccc3c([O-])cc(S(=O)(=O)O)cc23)cc1.[Na+].[Na+]. The molecule has 10 nitrogen and oxygen atoms in total. The van der Waals surface area contributed by atoms with Gasteiger partial charge in [0.15, 0.2) is 0 Å². The molecule has 0 spiro atoms. The van der Waals surface area contributed by atoms with Crippen LogP contribution in [0.1, 0.15) is 0 Å². The zero-order valence-electron chi connectivity index (χ0n) is 19.1. The predicted molar refractivity (Wildman–Crippen MR) is 122 cm³/mol. The van der Waals surface area contributed by atoms with Gasteiger partial charge in [-0.25, -0.2) is 8.42 Å². The molecule has 0 bridgehead atoms. The Morgan fingerprint density at radius 2 is 1.39 bits per heavy atom. The monoisotopic (exact) mass is 543 g/mol. The maximum atomic E-state index is 12.5. The molecule has 0 heterocycles. The minimum absolute atomic E-state index is 0. The zero-order chi connectivity index (χ0) is 24.5. The summed E-state index contributed by atoms with van der Waals surface area (Å²) in [5.41, 5.74) is 1.36. The third-order valence-corrected chi connectivity index (χ3v) is 6.46. The predicted octanol–water partition coefficient (Wildman–Crippen LogP) is -1.77. The number of nitrogens with zero attached hydrogens (tertiary/aromatic N) is 2. The van der Waals surface area contributed by atoms with Crippen molar-refractivity contribution in [3.63, 3.8) is 0 Å². The van der Waals surface area contributed by atoms with Crippen molar-refractivity contribution in [3.8, 4) is 5.75 Å². The van der Waals surface area contributed by atoms with E-state index in [-0.39, 0.29) is 81.3 Å². The van der Waals surface area contributed by atoms with E-state index in [0.717, 1.165) is 24.3 Å². The number of anilines is 2. The van der Waals surface area contributed by atoms with Gasteiger partial charge in [0.05, 0.1) is 21.2 Å². The van der Waals surface area contributed by atoms with E-state index in [1.807, 2.05) is 6.07 Å². The maximum Gasteiger partial charge on any atom is 1.00 e. The Hall–Kier alpha value is -1.84. The second-order valence-electron chi connectivity index (χ2n) is 7.09. The summed E-state index contributed by atoms with van der Waals surface area (Å²) in [7, 11) is -9.30. The van der Waals surface area contributed by atoms with E-state index < -0.39 is 35.8 Å². The zero-order valence-corrected chi connectivity index (χ0v) is 24.7. The normalized spacial score (nSPS) is 11.6. The quantitative estimate of drug-likeness (QED) is 0.163. The summed E-state index contributed by atoms with van der Waals surface area (Å²) < 4.78 is 66.2. The molecule has 4 aromatic carbocycles. The van der Waals surface area contributed by atoms with Gasteiger partial charge in [-0.2, -0.15) is 13.5 Å². The van der Waals surface area contributed by atoms with Gasteiger partial charge in [0.1, 0.15) is 15.8 Å². The van der Waals surface area contributed by atoms with Gasteiger partial charge in [0.2, 0.25) is 0 Å². The van der Waals surface area contributed by atoms with Crippen LogP contribution >= 0.6 is 0 Å². The van der Waals surface area contributed by atoms with Crippen LogP contribution in [0, 0.1) is 0 Å². The fraction of sp³-hybridized carbons (Fsp3) is 0. The van der Waals surface area contributed by atoms with Crippen LogP contribution in [0.3, 0.4) is 0 Å². The molecule has 174 valence electrons. The molecule has 0 radical (unpaired) electrons. The second-order valence-corrected chi connectivity index (χ2v) is 9.89. The standard InChI is InChI=1S/C22H17N3O7S2.2Na/c26-21-13-17(34(30,31)32)12-19-18(21)10-11-20(23-14-4-2-1-3-5-14)22(19)25-24-15-6-8-16(9-7-15)33(27,28)29;;/h1-13,23,26H,(H,27,28,29)(H,30,31,32);;/q;2*+1/p-2. The molecule has 0 saturated carbocycles. The molecular weight excluding hydrogens is 528 g/mol. The second kappa shape index (κ2) is 12.1. The minimum Gasteiger partial charge on any atom is -0.872 e. The Balaban J connectivity index is 0.00000228. The third-order valence-electron chi connectivity index (χ3n) is 4.78. The molecule has 4 aromatic rings. The molecule has 4 rings (SSSR count). The van der Waals surface area contributed by atoms with E-state index in [2.05, 4.69) is 15.5 Å². The van der Waals surface area contributed by atoms with Gasteiger partial charge in [-0.05, 0) is 60.0 Å². The van der Waals surface area contributed by atoms with Crippen LogP contribution in [0.2, 0.25) is 0 Å². The van der Waals surface area contributed by atoms with Crippen LogP contribution in [0.5, 0.6) is 5.75 Å². The average Bonchev–Trinajstić information content (AvgIpc) is 2.78. The van der Waals surface area contributed by atoms with Crippen LogP contribution in [0.4, 0.5) is 22.7 Å². The molecule has 0 aliphatic rings. The van der Waals surface area contributed by atoms with Crippen molar-refractivity contribution in [2.45, 2.75) is 9.79 Å². The fourth-order valence-electron chi connectivity index (χ4n) is 3.18. The fourth-order valence-corrected chi connectivity index (χ4v) is 4.17. The number of hydrogen-bond acceptors (Lipinski definition) is 9. The van der Waals surface area contributed by atoms with Crippen molar-refractivity contribution in [2.75, 3.05) is 5.32 Å². The van der Waals surface area contributed by atoms with Gasteiger partial charge in [0, 0.05) is 11.1 Å². The average molecular weight is 543 g/mol. The topological polar surface area (TPSA) is 171 Å². The van der Waals surface area contributed by atoms with Crippen molar-refractivity contribution in [2.24, 2.45) is 10.2 Å². The Morgan fingerprint density at radius 1 is 0.750 bits per heavy atom. The molecule has 0 atom stereocenters. The molecule has 0 unspecified atom stereocenters. The molecule has 0 fully saturated rings. The number of para-hydroxylation sites is 1. The van der Waals surface area contributed by atoms with Crippen molar-refractivity contribution in [1.29, 1.82) is 0 Å². The molecule has 36 heavy (non-hydrogen) atoms. The van der Waals surface area contributed by atoms with E-state index >= 15 is 0 Å². The van der Waals surface area contributed by atoms with E-state index in [4.69, 9.17) is 0 Å². The molecule has 0 aliphatic heterocycles. The summed E-state index contributed by atoms with van der Waals surface area (Å²) in [5.74, 6) is -0.641. The number of fused-ring (bicyclic) bond motifs is 1. The Bertz CT molecular complexity index is 1630. The molecule has 14 heteroatoms. The third kappa shape index (κ3) is 7.13. The summed E-state index contributed by atoms with van der Waals surface area (Å²) in [4.78, 5) is -1.03. The summed E-state index contributed by atoms with van der Waals surface area (Å²) in [6, 6.07) is 18.7. The van der Waals surface area contributed by atoms with E-state index in [1.54, 1.807) is 30.3 Å². The van der Waals surface area contributed by atoms with E-state index in [9.17, 15) is 31.0 Å². The molecule has 0 amide bonds. The molecular formula is C22H15N3Na2O7S2. The van der Waals surface area contributed by atoms with Crippen LogP contribution in [0.25, 0.3) is 10.8 Å². The van der Waals surface area contributed by atoms with Crippen molar-refractivity contribution in [3.05, 3.63) is 78.9 Å². The number of azo groups is 1. The van der Waals surface area contributed by atoms with Crippen LogP contribution < -0.4 is 69.5 Å². The Morgan fingerprint density at radius 3 is 1.97 bits per heavy atom. The first-order chi connectivity index (χ1) is 16.0. The first-order valence-corrected chi connectivity index (χ1v) is 12.4. The first-order valence-electron chi connectivity index (χ1n) is 9.57. The van der Waals surface area contributed by atoms with Gasteiger partial charge in [-0.15, -0.1) is 5.11 Å². The van der Waals surface area contributed by atoms with Gasteiger partial charge in [-0.3, -0.25) is 4.55 Å². The van der Waals surface area contributed by atoms with Gasteiger partial charge in [0.25, 0.3) is 10.1 Å². The maximum absolute atomic E-state index is 12.5. The summed E-state index contributed by atoms with van der Waals surface area (Å²) >= 11 is 0. The number of nitrogens with one attached hydrogen (secondary N) is 1. The van der Waals surface area contributed by atoms with Gasteiger partial charge < -0.3 is 15.0 Å². The largest absolute Gasteiger partial charge is 1.00 e. The summed E-state index contributed by atoms with van der Waals surface area (Å²) in [6.45, 7) is 0. The summed E-state index contributed by atoms with van der Waals surface area (Å²) in [6.07, 6.45) is 0. The Labute approximate surface area is 251 Å². The molecule has 0 saturated heterocycles. The van der Waals surface area contributed by atoms with Crippen molar-refractivity contribution >= 4 is 53.8 Å². The molecule has 0 aromatic heterocycles. The van der Waals surface area contributed by atoms with Gasteiger partial charge >= 0.3 is 59.1 Å². The minimum atomic E-state index is -4.67. The Kier molecular flexibility index (Phi) is 10.2. The number of rotatable bonds is 6. The number of hydrogen-bond donors (Lipinski definition) is 2.